The molecule has 1 heterocycles. The van der Waals surface area contributed by atoms with Crippen LogP contribution in [0.1, 0.15) is 19.8 Å². The molecule has 3 nitrogen and oxygen atoms in total. The summed E-state index contributed by atoms with van der Waals surface area (Å²) in [4.78, 5) is 16.0. The molecule has 1 atom stereocenters. The minimum atomic E-state index is -0.0354. The summed E-state index contributed by atoms with van der Waals surface area (Å²) in [6, 6.07) is 7.73. The fraction of sp³-hybridized carbons (Fsp3) is 0.429. The van der Waals surface area contributed by atoms with Crippen molar-refractivity contribution in [2.75, 3.05) is 5.88 Å². The highest BCUT2D eigenvalue weighted by Crippen LogP contribution is 2.13. The van der Waals surface area contributed by atoms with E-state index in [0.717, 1.165) is 30.4 Å². The van der Waals surface area contributed by atoms with Crippen LogP contribution in [-0.2, 0) is 6.54 Å². The number of aromatic nitrogens is 2. The number of rotatable bonds is 5. The summed E-state index contributed by atoms with van der Waals surface area (Å²) in [5, 5.41) is 0. The molecule has 1 unspecified atom stereocenters. The van der Waals surface area contributed by atoms with Gasteiger partial charge in [-0.15, -0.1) is 11.6 Å². The molecule has 0 aliphatic carbocycles. The zero-order valence-electron chi connectivity index (χ0n) is 10.5. The number of nitrogens with zero attached hydrogens (tertiary/aromatic N) is 2. The highest BCUT2D eigenvalue weighted by atomic mass is 35.5. The van der Waals surface area contributed by atoms with Gasteiger partial charge in [0, 0.05) is 12.4 Å². The Kier molecular flexibility index (Phi) is 4.37. The molecule has 0 N–H and O–H groups in total. The third kappa shape index (κ3) is 2.91. The largest absolute Gasteiger partial charge is 0.305 e. The minimum absolute atomic E-state index is 0.0354. The van der Waals surface area contributed by atoms with Crippen LogP contribution >= 0.6 is 11.6 Å². The Hall–Kier alpha value is -1.35. The van der Waals surface area contributed by atoms with Crippen molar-refractivity contribution in [3.63, 3.8) is 0 Å². The second-order valence-corrected chi connectivity index (χ2v) is 4.99. The lowest BCUT2D eigenvalue weighted by Gasteiger charge is -2.12. The Morgan fingerprint density at radius 1 is 1.33 bits per heavy atom. The first kappa shape index (κ1) is 13.1. The molecule has 0 aliphatic rings. The molecule has 2 aromatic rings. The van der Waals surface area contributed by atoms with Gasteiger partial charge in [-0.1, -0.05) is 19.1 Å². The quantitative estimate of drug-likeness (QED) is 0.778. The van der Waals surface area contributed by atoms with Crippen LogP contribution in [-0.4, -0.2) is 15.4 Å². The van der Waals surface area contributed by atoms with E-state index >= 15 is 0 Å². The monoisotopic (exact) mass is 264 g/mol. The normalized spacial score (nSPS) is 12.8. The van der Waals surface area contributed by atoms with Crippen LogP contribution in [0.4, 0.5) is 0 Å². The predicted octanol–water partition coefficient (Wildman–Crippen LogP) is 3.05. The second kappa shape index (κ2) is 6.01. The first-order valence-electron chi connectivity index (χ1n) is 6.23. The lowest BCUT2D eigenvalue weighted by molar-refractivity contribution is 0.470. The van der Waals surface area contributed by atoms with Crippen LogP contribution in [0.5, 0.6) is 0 Å². The average molecular weight is 265 g/mol. The molecular weight excluding hydrogens is 248 g/mol. The Labute approximate surface area is 111 Å². The van der Waals surface area contributed by atoms with Crippen molar-refractivity contribution in [2.24, 2.45) is 5.92 Å². The Balaban J connectivity index is 2.26. The van der Waals surface area contributed by atoms with Crippen molar-refractivity contribution in [1.82, 2.24) is 9.55 Å². The fourth-order valence-electron chi connectivity index (χ4n) is 2.03. The second-order valence-electron chi connectivity index (χ2n) is 4.61. The lowest BCUT2D eigenvalue weighted by atomic mass is 10.1. The summed E-state index contributed by atoms with van der Waals surface area (Å²) in [7, 11) is 0. The van der Waals surface area contributed by atoms with Crippen LogP contribution < -0.4 is 5.56 Å². The van der Waals surface area contributed by atoms with Gasteiger partial charge in [0.1, 0.15) is 0 Å². The van der Waals surface area contributed by atoms with Gasteiger partial charge in [-0.25, -0.2) is 4.98 Å². The molecule has 2 rings (SSSR count). The molecular formula is C14H17ClN2O. The Morgan fingerprint density at radius 2 is 2.11 bits per heavy atom. The predicted molar refractivity (Wildman–Crippen MR) is 75.1 cm³/mol. The van der Waals surface area contributed by atoms with Gasteiger partial charge in [-0.2, -0.15) is 0 Å². The van der Waals surface area contributed by atoms with Crippen LogP contribution in [0.3, 0.4) is 0 Å². The van der Waals surface area contributed by atoms with Crippen molar-refractivity contribution < 1.29 is 0 Å². The molecule has 0 fully saturated rings. The van der Waals surface area contributed by atoms with Gasteiger partial charge in [-0.05, 0) is 30.9 Å². The van der Waals surface area contributed by atoms with Crippen LogP contribution in [0.2, 0.25) is 0 Å². The van der Waals surface area contributed by atoms with Gasteiger partial charge >= 0.3 is 0 Å². The number of aryl methyl sites for hydroxylation is 1. The maximum absolute atomic E-state index is 11.9. The van der Waals surface area contributed by atoms with E-state index in [9.17, 15) is 4.79 Å². The number of fused-ring (bicyclic) bond motifs is 1. The molecule has 0 saturated carbocycles. The van der Waals surface area contributed by atoms with Crippen molar-refractivity contribution in [2.45, 2.75) is 26.3 Å². The van der Waals surface area contributed by atoms with Crippen LogP contribution in [0, 0.1) is 5.92 Å². The fourth-order valence-corrected chi connectivity index (χ4v) is 2.40. The highest BCUT2D eigenvalue weighted by molar-refractivity contribution is 6.17. The Morgan fingerprint density at radius 3 is 2.89 bits per heavy atom. The van der Waals surface area contributed by atoms with Crippen molar-refractivity contribution >= 4 is 22.6 Å². The van der Waals surface area contributed by atoms with Crippen LogP contribution in [0.15, 0.2) is 35.3 Å². The van der Waals surface area contributed by atoms with E-state index in [1.54, 1.807) is 4.57 Å². The number of halogens is 1. The average Bonchev–Trinajstić information content (AvgIpc) is 2.38. The number of hydrogen-bond donors (Lipinski definition) is 0. The van der Waals surface area contributed by atoms with E-state index < -0.39 is 0 Å². The third-order valence-electron chi connectivity index (χ3n) is 3.20. The number of hydrogen-bond acceptors (Lipinski definition) is 2. The van der Waals surface area contributed by atoms with E-state index in [0.29, 0.717) is 11.8 Å². The molecule has 1 aromatic heterocycles. The molecule has 0 amide bonds. The summed E-state index contributed by atoms with van der Waals surface area (Å²) >= 11 is 5.73. The first-order chi connectivity index (χ1) is 8.72. The van der Waals surface area contributed by atoms with Gasteiger partial charge in [0.05, 0.1) is 17.2 Å². The number of alkyl halides is 1. The van der Waals surface area contributed by atoms with Gasteiger partial charge in [0.25, 0.3) is 5.56 Å². The van der Waals surface area contributed by atoms with Gasteiger partial charge in [0.2, 0.25) is 0 Å². The lowest BCUT2D eigenvalue weighted by Crippen LogP contribution is -2.21. The van der Waals surface area contributed by atoms with Crippen molar-refractivity contribution in [3.05, 3.63) is 40.8 Å². The molecule has 96 valence electrons. The van der Waals surface area contributed by atoms with Gasteiger partial charge in [-0.3, -0.25) is 4.79 Å². The zero-order chi connectivity index (χ0) is 13.0. The summed E-state index contributed by atoms with van der Waals surface area (Å²) in [5.41, 5.74) is 1.73. The smallest absolute Gasteiger partial charge is 0.269 e. The number of benzene rings is 1. The van der Waals surface area contributed by atoms with Gasteiger partial charge in [0.15, 0.2) is 0 Å². The summed E-state index contributed by atoms with van der Waals surface area (Å²) in [6.45, 7) is 2.89. The van der Waals surface area contributed by atoms with E-state index in [-0.39, 0.29) is 5.56 Å². The SMILES string of the molecule is CC(CCCl)CCn1c(=O)cnc2ccccc21. The van der Waals surface area contributed by atoms with E-state index in [1.165, 1.54) is 6.20 Å². The molecule has 0 spiro atoms. The molecule has 4 heteroatoms. The van der Waals surface area contributed by atoms with E-state index in [2.05, 4.69) is 11.9 Å². The minimum Gasteiger partial charge on any atom is -0.305 e. The maximum atomic E-state index is 11.9. The number of para-hydroxylation sites is 2. The topological polar surface area (TPSA) is 34.9 Å². The molecule has 0 bridgehead atoms. The summed E-state index contributed by atoms with van der Waals surface area (Å²) in [6.07, 6.45) is 3.34. The van der Waals surface area contributed by atoms with Crippen LogP contribution in [0.25, 0.3) is 11.0 Å². The molecule has 18 heavy (non-hydrogen) atoms. The highest BCUT2D eigenvalue weighted by Gasteiger charge is 2.06. The Bertz CT molecular complexity index is 579. The summed E-state index contributed by atoms with van der Waals surface area (Å²) < 4.78 is 1.80. The van der Waals surface area contributed by atoms with E-state index in [1.807, 2.05) is 24.3 Å². The molecule has 0 saturated heterocycles. The molecule has 0 radical (unpaired) electrons. The standard InChI is InChI=1S/C14H17ClN2O/c1-11(6-8-15)7-9-17-13-5-3-2-4-12(13)16-10-14(17)18/h2-5,10-11H,6-9H2,1H3. The molecule has 1 aromatic carbocycles. The van der Waals surface area contributed by atoms with Crippen molar-refractivity contribution in [3.8, 4) is 0 Å². The zero-order valence-corrected chi connectivity index (χ0v) is 11.2. The first-order valence-corrected chi connectivity index (χ1v) is 6.76. The third-order valence-corrected chi connectivity index (χ3v) is 3.42. The summed E-state index contributed by atoms with van der Waals surface area (Å²) in [5.74, 6) is 1.20. The molecule has 0 aliphatic heterocycles. The van der Waals surface area contributed by atoms with Gasteiger partial charge < -0.3 is 4.57 Å². The van der Waals surface area contributed by atoms with E-state index in [4.69, 9.17) is 11.6 Å². The maximum Gasteiger partial charge on any atom is 0.269 e. The van der Waals surface area contributed by atoms with Crippen molar-refractivity contribution in [1.29, 1.82) is 0 Å².